The van der Waals surface area contributed by atoms with E-state index in [-0.39, 0.29) is 12.0 Å². The molecule has 0 saturated carbocycles. The Morgan fingerprint density at radius 2 is 1.84 bits per heavy atom. The van der Waals surface area contributed by atoms with E-state index in [1.165, 1.54) is 5.56 Å². The van der Waals surface area contributed by atoms with Gasteiger partial charge in [0.25, 0.3) is 0 Å². The van der Waals surface area contributed by atoms with E-state index in [4.69, 9.17) is 9.47 Å². The predicted octanol–water partition coefficient (Wildman–Crippen LogP) is 4.10. The van der Waals surface area contributed by atoms with Gasteiger partial charge < -0.3 is 9.47 Å². The van der Waals surface area contributed by atoms with Gasteiger partial charge in [0, 0.05) is 11.5 Å². The number of hydrogen-bond donors (Lipinski definition) is 0. The second kappa shape index (κ2) is 4.81. The Morgan fingerprint density at radius 3 is 2.53 bits per heavy atom. The second-order valence-corrected chi connectivity index (χ2v) is 4.61. The maximum atomic E-state index is 6.06. The first kappa shape index (κ1) is 11.8. The van der Waals surface area contributed by atoms with E-state index >= 15 is 0 Å². The largest absolute Gasteiger partial charge is 0.497 e. The quantitative estimate of drug-likeness (QED) is 0.766. The van der Waals surface area contributed by atoms with Crippen molar-refractivity contribution in [1.29, 1.82) is 0 Å². The topological polar surface area (TPSA) is 18.5 Å². The lowest BCUT2D eigenvalue weighted by atomic mass is 9.91. The fourth-order valence-corrected chi connectivity index (χ4v) is 2.56. The summed E-state index contributed by atoms with van der Waals surface area (Å²) >= 11 is 0. The summed E-state index contributed by atoms with van der Waals surface area (Å²) in [5.41, 5.74) is 2.35. The van der Waals surface area contributed by atoms with Crippen LogP contribution in [0.3, 0.4) is 0 Å². The summed E-state index contributed by atoms with van der Waals surface area (Å²) in [5.74, 6) is 2.01. The molecule has 0 unspecified atom stereocenters. The van der Waals surface area contributed by atoms with Gasteiger partial charge >= 0.3 is 0 Å². The Morgan fingerprint density at radius 1 is 1.11 bits per heavy atom. The Kier molecular flexibility index (Phi) is 3.00. The minimum absolute atomic E-state index is 0.000746. The van der Waals surface area contributed by atoms with E-state index in [9.17, 15) is 0 Å². The highest BCUT2D eigenvalue weighted by Gasteiger charge is 2.32. The molecule has 0 radical (unpaired) electrons. The van der Waals surface area contributed by atoms with Crippen molar-refractivity contribution in [3.8, 4) is 11.5 Å². The molecule has 1 heterocycles. The van der Waals surface area contributed by atoms with E-state index in [2.05, 4.69) is 12.6 Å². The third-order valence-electron chi connectivity index (χ3n) is 3.56. The van der Waals surface area contributed by atoms with Crippen molar-refractivity contribution in [3.63, 3.8) is 0 Å². The summed E-state index contributed by atoms with van der Waals surface area (Å²) in [4.78, 5) is 0. The first-order valence-corrected chi connectivity index (χ1v) is 6.35. The smallest absolute Gasteiger partial charge is 0.134 e. The Bertz CT molecular complexity index is 586. The average Bonchev–Trinajstić information content (AvgIpc) is 2.85. The van der Waals surface area contributed by atoms with Gasteiger partial charge in [-0.3, -0.25) is 0 Å². The molecule has 2 aromatic rings. The van der Waals surface area contributed by atoms with E-state index < -0.39 is 0 Å². The highest BCUT2D eigenvalue weighted by Crippen LogP contribution is 2.46. The molecule has 0 fully saturated rings. The molecule has 19 heavy (non-hydrogen) atoms. The average molecular weight is 252 g/mol. The molecule has 3 rings (SSSR count). The molecule has 0 bridgehead atoms. The summed E-state index contributed by atoms with van der Waals surface area (Å²) in [6, 6.07) is 16.2. The summed E-state index contributed by atoms with van der Waals surface area (Å²) in [6.07, 6.45) is 1.96. The van der Waals surface area contributed by atoms with Crippen LogP contribution in [0.5, 0.6) is 11.5 Å². The van der Waals surface area contributed by atoms with Gasteiger partial charge in [-0.1, -0.05) is 36.4 Å². The van der Waals surface area contributed by atoms with Crippen molar-refractivity contribution in [1.82, 2.24) is 0 Å². The molecule has 1 aliphatic rings. The zero-order valence-electron chi connectivity index (χ0n) is 10.9. The number of methoxy groups -OCH3 is 1. The first-order valence-electron chi connectivity index (χ1n) is 6.35. The van der Waals surface area contributed by atoms with Gasteiger partial charge in [-0.25, -0.2) is 0 Å². The van der Waals surface area contributed by atoms with Crippen molar-refractivity contribution >= 4 is 0 Å². The number of hydrogen-bond acceptors (Lipinski definition) is 2. The van der Waals surface area contributed by atoms with Crippen LogP contribution in [0.4, 0.5) is 0 Å². The fraction of sp³-hybridized carbons (Fsp3) is 0.176. The summed E-state index contributed by atoms with van der Waals surface area (Å²) in [6.45, 7) is 3.95. The Hall–Kier alpha value is -2.22. The number of para-hydroxylation sites is 1. The lowest BCUT2D eigenvalue weighted by molar-refractivity contribution is 0.225. The molecule has 2 aromatic carbocycles. The molecular weight excluding hydrogens is 236 g/mol. The lowest BCUT2D eigenvalue weighted by Crippen LogP contribution is -2.07. The monoisotopic (exact) mass is 252 g/mol. The fourth-order valence-electron chi connectivity index (χ4n) is 2.56. The van der Waals surface area contributed by atoms with Crippen molar-refractivity contribution in [2.24, 2.45) is 0 Å². The van der Waals surface area contributed by atoms with Crippen LogP contribution in [0.25, 0.3) is 0 Å². The molecule has 2 atom stereocenters. The van der Waals surface area contributed by atoms with Crippen LogP contribution < -0.4 is 9.47 Å². The van der Waals surface area contributed by atoms with Crippen LogP contribution in [0.1, 0.15) is 23.1 Å². The third kappa shape index (κ3) is 1.99. The standard InChI is InChI=1S/C17H16O2/c1-3-14-15-6-4-5-7-16(15)19-17(14)12-8-10-13(18-2)11-9-12/h3-11,14,17H,1H2,2H3/t14-,17+/m1/s1. The number of rotatable bonds is 3. The molecule has 0 saturated heterocycles. The maximum absolute atomic E-state index is 6.06. The maximum Gasteiger partial charge on any atom is 0.134 e. The van der Waals surface area contributed by atoms with E-state index in [0.717, 1.165) is 17.1 Å². The molecule has 0 amide bonds. The third-order valence-corrected chi connectivity index (χ3v) is 3.56. The summed E-state index contributed by atoms with van der Waals surface area (Å²) in [5, 5.41) is 0. The molecule has 0 spiro atoms. The van der Waals surface area contributed by atoms with Gasteiger partial charge in [0.2, 0.25) is 0 Å². The molecule has 2 nitrogen and oxygen atoms in total. The molecular formula is C17H16O2. The van der Waals surface area contributed by atoms with Crippen LogP contribution in [0.2, 0.25) is 0 Å². The van der Waals surface area contributed by atoms with Crippen molar-refractivity contribution in [2.45, 2.75) is 12.0 Å². The minimum Gasteiger partial charge on any atom is -0.497 e. The summed E-state index contributed by atoms with van der Waals surface area (Å²) in [7, 11) is 1.67. The lowest BCUT2D eigenvalue weighted by Gasteiger charge is -2.16. The van der Waals surface area contributed by atoms with Crippen LogP contribution in [-0.4, -0.2) is 7.11 Å². The van der Waals surface area contributed by atoms with Crippen LogP contribution in [0.15, 0.2) is 61.2 Å². The SMILES string of the molecule is C=C[C@@H]1c2ccccc2O[C@H]1c1ccc(OC)cc1. The van der Waals surface area contributed by atoms with Gasteiger partial charge in [-0.15, -0.1) is 6.58 Å². The zero-order chi connectivity index (χ0) is 13.2. The molecule has 0 N–H and O–H groups in total. The van der Waals surface area contributed by atoms with E-state index in [1.807, 2.05) is 48.5 Å². The number of benzene rings is 2. The minimum atomic E-state index is 0.000746. The zero-order valence-corrected chi connectivity index (χ0v) is 10.9. The van der Waals surface area contributed by atoms with Crippen molar-refractivity contribution in [3.05, 3.63) is 72.3 Å². The van der Waals surface area contributed by atoms with Gasteiger partial charge in [0.05, 0.1) is 7.11 Å². The van der Waals surface area contributed by atoms with Crippen LogP contribution in [0, 0.1) is 0 Å². The Labute approximate surface area is 113 Å². The van der Waals surface area contributed by atoms with E-state index in [0.29, 0.717) is 0 Å². The second-order valence-electron chi connectivity index (χ2n) is 4.61. The van der Waals surface area contributed by atoms with Gasteiger partial charge in [0.15, 0.2) is 0 Å². The van der Waals surface area contributed by atoms with Crippen LogP contribution in [-0.2, 0) is 0 Å². The number of ether oxygens (including phenoxy) is 2. The van der Waals surface area contributed by atoms with Crippen molar-refractivity contribution < 1.29 is 9.47 Å². The highest BCUT2D eigenvalue weighted by molar-refractivity contribution is 5.46. The van der Waals surface area contributed by atoms with Crippen LogP contribution >= 0.6 is 0 Å². The van der Waals surface area contributed by atoms with Gasteiger partial charge in [-0.05, 0) is 23.8 Å². The molecule has 96 valence electrons. The van der Waals surface area contributed by atoms with Gasteiger partial charge in [0.1, 0.15) is 17.6 Å². The highest BCUT2D eigenvalue weighted by atomic mass is 16.5. The molecule has 0 aliphatic carbocycles. The summed E-state index contributed by atoms with van der Waals surface area (Å²) < 4.78 is 11.2. The molecule has 2 heteroatoms. The van der Waals surface area contributed by atoms with E-state index in [1.54, 1.807) is 7.11 Å². The van der Waals surface area contributed by atoms with Gasteiger partial charge in [-0.2, -0.15) is 0 Å². The first-order chi connectivity index (χ1) is 9.33. The molecule has 0 aromatic heterocycles. The molecule has 1 aliphatic heterocycles. The predicted molar refractivity (Wildman–Crippen MR) is 75.7 cm³/mol. The normalized spacial score (nSPS) is 20.5. The van der Waals surface area contributed by atoms with Crippen molar-refractivity contribution in [2.75, 3.05) is 7.11 Å². The number of fused-ring (bicyclic) bond motifs is 1. The Balaban J connectivity index is 1.96.